The highest BCUT2D eigenvalue weighted by Gasteiger charge is 2.12. The van der Waals surface area contributed by atoms with Gasteiger partial charge in [-0.15, -0.1) is 0 Å². The minimum absolute atomic E-state index is 0.0769. The standard InChI is InChI=1S/C10H14BrNO2/c1-6(12)7-4-10(14-3)8(11)5-9(7)13-2/h4-6H,12H2,1-3H3. The molecule has 3 nitrogen and oxygen atoms in total. The van der Waals surface area contributed by atoms with Gasteiger partial charge in [0.25, 0.3) is 0 Å². The summed E-state index contributed by atoms with van der Waals surface area (Å²) in [4.78, 5) is 0. The molecule has 1 unspecified atom stereocenters. The van der Waals surface area contributed by atoms with E-state index in [0.29, 0.717) is 0 Å². The van der Waals surface area contributed by atoms with E-state index in [9.17, 15) is 0 Å². The molecule has 2 N–H and O–H groups in total. The maximum absolute atomic E-state index is 5.81. The van der Waals surface area contributed by atoms with Crippen LogP contribution >= 0.6 is 15.9 Å². The molecule has 0 aromatic heterocycles. The fraction of sp³-hybridized carbons (Fsp3) is 0.400. The second-order valence-corrected chi connectivity index (χ2v) is 3.87. The normalized spacial score (nSPS) is 12.4. The van der Waals surface area contributed by atoms with Crippen LogP contribution in [-0.2, 0) is 0 Å². The van der Waals surface area contributed by atoms with Gasteiger partial charge >= 0.3 is 0 Å². The fourth-order valence-corrected chi connectivity index (χ4v) is 1.72. The molecule has 0 radical (unpaired) electrons. The molecule has 0 bridgehead atoms. The lowest BCUT2D eigenvalue weighted by atomic mass is 10.1. The van der Waals surface area contributed by atoms with Gasteiger partial charge in [-0.25, -0.2) is 0 Å². The van der Waals surface area contributed by atoms with Crippen LogP contribution in [0.3, 0.4) is 0 Å². The van der Waals surface area contributed by atoms with Gasteiger partial charge in [0.2, 0.25) is 0 Å². The molecule has 1 aromatic carbocycles. The Morgan fingerprint density at radius 2 is 1.79 bits per heavy atom. The van der Waals surface area contributed by atoms with E-state index in [2.05, 4.69) is 15.9 Å². The molecule has 14 heavy (non-hydrogen) atoms. The molecule has 1 aromatic rings. The zero-order chi connectivity index (χ0) is 10.7. The van der Waals surface area contributed by atoms with Crippen LogP contribution in [0, 0.1) is 0 Å². The molecule has 0 saturated heterocycles. The Balaban J connectivity index is 3.25. The summed E-state index contributed by atoms with van der Waals surface area (Å²) >= 11 is 3.39. The number of rotatable bonds is 3. The van der Waals surface area contributed by atoms with Crippen LogP contribution in [0.1, 0.15) is 18.5 Å². The van der Waals surface area contributed by atoms with Crippen molar-refractivity contribution in [1.82, 2.24) is 0 Å². The third-order valence-electron chi connectivity index (χ3n) is 1.99. The van der Waals surface area contributed by atoms with Crippen LogP contribution in [-0.4, -0.2) is 14.2 Å². The highest BCUT2D eigenvalue weighted by Crippen LogP contribution is 2.34. The van der Waals surface area contributed by atoms with E-state index in [-0.39, 0.29) is 6.04 Å². The molecule has 0 heterocycles. The Hall–Kier alpha value is -0.740. The van der Waals surface area contributed by atoms with Gasteiger partial charge < -0.3 is 15.2 Å². The Kier molecular flexibility index (Phi) is 3.77. The maximum Gasteiger partial charge on any atom is 0.133 e. The molecule has 0 spiro atoms. The quantitative estimate of drug-likeness (QED) is 0.908. The topological polar surface area (TPSA) is 44.5 Å². The van der Waals surface area contributed by atoms with Gasteiger partial charge in [-0.3, -0.25) is 0 Å². The van der Waals surface area contributed by atoms with Gasteiger partial charge in [-0.2, -0.15) is 0 Å². The predicted molar refractivity (Wildman–Crippen MR) is 59.8 cm³/mol. The molecule has 1 atom stereocenters. The molecule has 0 amide bonds. The molecule has 0 aliphatic heterocycles. The number of methoxy groups -OCH3 is 2. The van der Waals surface area contributed by atoms with Crippen molar-refractivity contribution in [2.75, 3.05) is 14.2 Å². The zero-order valence-electron chi connectivity index (χ0n) is 8.50. The second kappa shape index (κ2) is 4.66. The van der Waals surface area contributed by atoms with E-state index in [0.717, 1.165) is 21.5 Å². The lowest BCUT2D eigenvalue weighted by Gasteiger charge is -2.14. The smallest absolute Gasteiger partial charge is 0.133 e. The third kappa shape index (κ3) is 2.19. The zero-order valence-corrected chi connectivity index (χ0v) is 10.1. The first-order chi connectivity index (χ1) is 6.60. The van der Waals surface area contributed by atoms with E-state index in [1.165, 1.54) is 0 Å². The Morgan fingerprint density at radius 1 is 1.21 bits per heavy atom. The molecule has 78 valence electrons. The Labute approximate surface area is 92.3 Å². The summed E-state index contributed by atoms with van der Waals surface area (Å²) < 4.78 is 11.3. The number of hydrogen-bond donors (Lipinski definition) is 1. The summed E-state index contributed by atoms with van der Waals surface area (Å²) in [5.74, 6) is 1.53. The minimum atomic E-state index is -0.0769. The van der Waals surface area contributed by atoms with Crippen LogP contribution in [0.2, 0.25) is 0 Å². The molecule has 0 aliphatic rings. The van der Waals surface area contributed by atoms with Crippen molar-refractivity contribution in [3.05, 3.63) is 22.2 Å². The number of ether oxygens (including phenoxy) is 2. The summed E-state index contributed by atoms with van der Waals surface area (Å²) in [5, 5.41) is 0. The monoisotopic (exact) mass is 259 g/mol. The summed E-state index contributed by atoms with van der Waals surface area (Å²) in [6.07, 6.45) is 0. The van der Waals surface area contributed by atoms with Gasteiger partial charge in [0, 0.05) is 11.6 Å². The lowest BCUT2D eigenvalue weighted by molar-refractivity contribution is 0.394. The largest absolute Gasteiger partial charge is 0.496 e. The number of benzene rings is 1. The maximum atomic E-state index is 5.81. The molecule has 4 heteroatoms. The van der Waals surface area contributed by atoms with Crippen molar-refractivity contribution in [3.63, 3.8) is 0 Å². The summed E-state index contributed by atoms with van der Waals surface area (Å²) in [6, 6.07) is 3.66. The van der Waals surface area contributed by atoms with Crippen molar-refractivity contribution in [3.8, 4) is 11.5 Å². The summed E-state index contributed by atoms with van der Waals surface area (Å²) in [7, 11) is 3.25. The second-order valence-electron chi connectivity index (χ2n) is 3.02. The molecule has 0 saturated carbocycles. The summed E-state index contributed by atoms with van der Waals surface area (Å²) in [5.41, 5.74) is 6.75. The van der Waals surface area contributed by atoms with Crippen LogP contribution in [0.15, 0.2) is 16.6 Å². The summed E-state index contributed by atoms with van der Waals surface area (Å²) in [6.45, 7) is 1.91. The molecule has 0 fully saturated rings. The molecular formula is C10H14BrNO2. The minimum Gasteiger partial charge on any atom is -0.496 e. The average Bonchev–Trinajstić information content (AvgIpc) is 2.16. The Morgan fingerprint density at radius 3 is 2.21 bits per heavy atom. The van der Waals surface area contributed by atoms with Crippen molar-refractivity contribution in [1.29, 1.82) is 0 Å². The van der Waals surface area contributed by atoms with Crippen LogP contribution in [0.4, 0.5) is 0 Å². The van der Waals surface area contributed by atoms with E-state index >= 15 is 0 Å². The SMILES string of the molecule is COc1cc(C(C)N)c(OC)cc1Br. The van der Waals surface area contributed by atoms with Gasteiger partial charge in [-0.05, 0) is 35.0 Å². The predicted octanol–water partition coefficient (Wildman–Crippen LogP) is 2.49. The van der Waals surface area contributed by atoms with E-state index < -0.39 is 0 Å². The average molecular weight is 260 g/mol. The van der Waals surface area contributed by atoms with Gasteiger partial charge in [0.1, 0.15) is 11.5 Å². The first-order valence-electron chi connectivity index (χ1n) is 4.27. The third-order valence-corrected chi connectivity index (χ3v) is 2.61. The van der Waals surface area contributed by atoms with Crippen molar-refractivity contribution >= 4 is 15.9 Å². The van der Waals surface area contributed by atoms with Crippen LogP contribution < -0.4 is 15.2 Å². The first kappa shape index (κ1) is 11.3. The number of halogens is 1. The fourth-order valence-electron chi connectivity index (χ4n) is 1.24. The van der Waals surface area contributed by atoms with Crippen molar-refractivity contribution in [2.24, 2.45) is 5.73 Å². The lowest BCUT2D eigenvalue weighted by Crippen LogP contribution is -2.07. The highest BCUT2D eigenvalue weighted by atomic mass is 79.9. The van der Waals surface area contributed by atoms with Crippen molar-refractivity contribution in [2.45, 2.75) is 13.0 Å². The Bertz CT molecular complexity index is 326. The van der Waals surface area contributed by atoms with E-state index in [1.54, 1.807) is 14.2 Å². The van der Waals surface area contributed by atoms with E-state index in [4.69, 9.17) is 15.2 Å². The van der Waals surface area contributed by atoms with E-state index in [1.807, 2.05) is 19.1 Å². The van der Waals surface area contributed by atoms with Crippen molar-refractivity contribution < 1.29 is 9.47 Å². The van der Waals surface area contributed by atoms with Crippen LogP contribution in [0.5, 0.6) is 11.5 Å². The molecule has 1 rings (SSSR count). The number of hydrogen-bond acceptors (Lipinski definition) is 3. The van der Waals surface area contributed by atoms with Gasteiger partial charge in [0.05, 0.1) is 18.7 Å². The number of nitrogens with two attached hydrogens (primary N) is 1. The van der Waals surface area contributed by atoms with Crippen LogP contribution in [0.25, 0.3) is 0 Å². The molecular weight excluding hydrogens is 246 g/mol. The molecule has 0 aliphatic carbocycles. The first-order valence-corrected chi connectivity index (χ1v) is 5.06. The van der Waals surface area contributed by atoms with Gasteiger partial charge in [-0.1, -0.05) is 0 Å². The highest BCUT2D eigenvalue weighted by molar-refractivity contribution is 9.10. The van der Waals surface area contributed by atoms with Gasteiger partial charge in [0.15, 0.2) is 0 Å².